The van der Waals surface area contributed by atoms with Gasteiger partial charge in [0.15, 0.2) is 0 Å². The van der Waals surface area contributed by atoms with Crippen molar-refractivity contribution in [2.45, 2.75) is 25.9 Å². The van der Waals surface area contributed by atoms with Crippen LogP contribution in [0.5, 0.6) is 0 Å². The molecule has 0 aromatic rings. The van der Waals surface area contributed by atoms with Gasteiger partial charge in [0, 0.05) is 0 Å². The van der Waals surface area contributed by atoms with E-state index < -0.39 is 67.9 Å². The highest BCUT2D eigenvalue weighted by atomic mass is 16.4. The Kier molecular flexibility index (Phi) is 10.5. The summed E-state index contributed by atoms with van der Waals surface area (Å²) in [6.07, 6.45) is 0. The van der Waals surface area contributed by atoms with E-state index in [-0.39, 0.29) is 5.92 Å². The quantitative estimate of drug-likeness (QED) is 0.189. The third kappa shape index (κ3) is 9.54. The summed E-state index contributed by atoms with van der Waals surface area (Å²) in [4.78, 5) is 56.7. The third-order valence-electron chi connectivity index (χ3n) is 3.14. The Bertz CT molecular complexity index is 538. The van der Waals surface area contributed by atoms with E-state index >= 15 is 0 Å². The zero-order valence-electron chi connectivity index (χ0n) is 14.6. The normalized spacial score (nSPS) is 12.7. The van der Waals surface area contributed by atoms with Gasteiger partial charge in [-0.3, -0.25) is 24.0 Å². The molecule has 0 unspecified atom stereocenters. The largest absolute Gasteiger partial charge is 0.480 e. The molecular weight excluding hydrogens is 350 g/mol. The van der Waals surface area contributed by atoms with Gasteiger partial charge in [-0.1, -0.05) is 13.8 Å². The van der Waals surface area contributed by atoms with E-state index in [1.165, 1.54) is 0 Å². The number of carboxylic acid groups (broad SMARTS) is 1. The van der Waals surface area contributed by atoms with Crippen LogP contribution in [-0.4, -0.2) is 78.1 Å². The maximum Gasteiger partial charge on any atom is 0.322 e. The molecule has 0 aliphatic rings. The molecule has 0 spiro atoms. The summed E-state index contributed by atoms with van der Waals surface area (Å²) in [7, 11) is 0. The fraction of sp³-hybridized carbons (Fsp3) is 0.643. The van der Waals surface area contributed by atoms with Gasteiger partial charge in [-0.25, -0.2) is 0 Å². The molecular formula is C14H25N5O7. The fourth-order valence-corrected chi connectivity index (χ4v) is 1.53. The van der Waals surface area contributed by atoms with Crippen LogP contribution in [-0.2, 0) is 24.0 Å². The van der Waals surface area contributed by atoms with Gasteiger partial charge < -0.3 is 37.2 Å². The second kappa shape index (κ2) is 11.8. The molecule has 0 bridgehead atoms. The minimum atomic E-state index is -1.28. The molecule has 4 amide bonds. The zero-order chi connectivity index (χ0) is 20.3. The predicted octanol–water partition coefficient (Wildman–Crippen LogP) is -4.12. The molecule has 0 saturated heterocycles. The smallest absolute Gasteiger partial charge is 0.322 e. The van der Waals surface area contributed by atoms with Crippen molar-refractivity contribution in [3.8, 4) is 0 Å². The van der Waals surface area contributed by atoms with Crippen LogP contribution in [0.2, 0.25) is 0 Å². The molecule has 2 atom stereocenters. The summed E-state index contributed by atoms with van der Waals surface area (Å²) in [5.41, 5.74) is 5.63. The summed E-state index contributed by atoms with van der Waals surface area (Å²) in [6, 6.07) is -2.14. The van der Waals surface area contributed by atoms with Crippen LogP contribution < -0.4 is 27.0 Å². The number of amides is 4. The molecule has 0 aromatic carbocycles. The number of aliphatic carboxylic acids is 1. The molecule has 0 rings (SSSR count). The lowest BCUT2D eigenvalue weighted by molar-refractivity contribution is -0.137. The number of aliphatic hydroxyl groups is 1. The Balaban J connectivity index is 4.27. The van der Waals surface area contributed by atoms with Gasteiger partial charge in [0.2, 0.25) is 23.6 Å². The summed E-state index contributed by atoms with van der Waals surface area (Å²) < 4.78 is 0. The first-order valence-electron chi connectivity index (χ1n) is 7.78. The van der Waals surface area contributed by atoms with Crippen LogP contribution in [0.4, 0.5) is 0 Å². The average Bonchev–Trinajstić information content (AvgIpc) is 2.59. The number of rotatable bonds is 11. The lowest BCUT2D eigenvalue weighted by Crippen LogP contribution is -2.55. The number of aliphatic hydroxyl groups excluding tert-OH is 1. The first kappa shape index (κ1) is 23.3. The number of hydrogen-bond acceptors (Lipinski definition) is 7. The van der Waals surface area contributed by atoms with Crippen LogP contribution in [0.1, 0.15) is 13.8 Å². The first-order chi connectivity index (χ1) is 12.1. The Hall–Kier alpha value is -2.73. The van der Waals surface area contributed by atoms with Crippen molar-refractivity contribution >= 4 is 29.6 Å². The molecule has 12 heteroatoms. The van der Waals surface area contributed by atoms with E-state index in [0.717, 1.165) is 0 Å². The second-order valence-corrected chi connectivity index (χ2v) is 5.68. The van der Waals surface area contributed by atoms with Crippen LogP contribution >= 0.6 is 0 Å². The minimum absolute atomic E-state index is 0.171. The van der Waals surface area contributed by atoms with Gasteiger partial charge in [-0.05, 0) is 5.92 Å². The Morgan fingerprint density at radius 3 is 1.85 bits per heavy atom. The Morgan fingerprint density at radius 1 is 0.885 bits per heavy atom. The predicted molar refractivity (Wildman–Crippen MR) is 88.5 cm³/mol. The van der Waals surface area contributed by atoms with Gasteiger partial charge >= 0.3 is 5.97 Å². The highest BCUT2D eigenvalue weighted by Crippen LogP contribution is 1.98. The van der Waals surface area contributed by atoms with Crippen molar-refractivity contribution in [1.29, 1.82) is 0 Å². The molecule has 12 nitrogen and oxygen atoms in total. The van der Waals surface area contributed by atoms with E-state index in [0.29, 0.717) is 0 Å². The molecule has 0 saturated carbocycles. The van der Waals surface area contributed by atoms with Gasteiger partial charge in [0.1, 0.15) is 12.6 Å². The van der Waals surface area contributed by atoms with Crippen LogP contribution in [0.25, 0.3) is 0 Å². The van der Waals surface area contributed by atoms with Crippen molar-refractivity contribution in [2.75, 3.05) is 26.2 Å². The Labute approximate surface area is 149 Å². The van der Waals surface area contributed by atoms with Crippen LogP contribution in [0.3, 0.4) is 0 Å². The molecule has 0 aromatic heterocycles. The molecule has 0 heterocycles. The van der Waals surface area contributed by atoms with Gasteiger partial charge in [0.05, 0.1) is 25.7 Å². The summed E-state index contributed by atoms with van der Waals surface area (Å²) in [5.74, 6) is -4.25. The topological polar surface area (TPSA) is 200 Å². The van der Waals surface area contributed by atoms with Crippen molar-refractivity contribution in [1.82, 2.24) is 21.3 Å². The summed E-state index contributed by atoms with van der Waals surface area (Å²) in [6.45, 7) is 1.19. The number of nitrogens with one attached hydrogen (secondary N) is 4. The average molecular weight is 375 g/mol. The Morgan fingerprint density at radius 2 is 1.38 bits per heavy atom. The maximum atomic E-state index is 11.9. The SMILES string of the molecule is CC(C)[C@H](N)C(=O)N[C@@H](CO)C(=O)NCC(=O)NCC(=O)NCC(=O)O. The molecule has 0 fully saturated rings. The number of nitrogens with two attached hydrogens (primary N) is 1. The number of carbonyl (C=O) groups excluding carboxylic acids is 4. The monoisotopic (exact) mass is 375 g/mol. The van der Waals surface area contributed by atoms with Crippen molar-refractivity contribution in [3.63, 3.8) is 0 Å². The van der Waals surface area contributed by atoms with Gasteiger partial charge in [-0.15, -0.1) is 0 Å². The summed E-state index contributed by atoms with van der Waals surface area (Å²) >= 11 is 0. The molecule has 8 N–H and O–H groups in total. The standard InChI is InChI=1S/C14H25N5O7/c1-7(2)12(15)14(26)19-8(6-20)13(25)18-4-10(22)16-3-9(21)17-5-11(23)24/h7-8,12,20H,3-6,15H2,1-2H3,(H,16,22)(H,17,21)(H,18,25)(H,19,26)(H,23,24)/t8-,12-/m0/s1. The van der Waals surface area contributed by atoms with Crippen LogP contribution in [0.15, 0.2) is 0 Å². The molecule has 148 valence electrons. The third-order valence-corrected chi connectivity index (χ3v) is 3.14. The highest BCUT2D eigenvalue weighted by Gasteiger charge is 2.24. The second-order valence-electron chi connectivity index (χ2n) is 5.68. The van der Waals surface area contributed by atoms with Gasteiger partial charge in [0.25, 0.3) is 0 Å². The van der Waals surface area contributed by atoms with E-state index in [2.05, 4.69) is 16.0 Å². The van der Waals surface area contributed by atoms with E-state index in [1.54, 1.807) is 13.8 Å². The lowest BCUT2D eigenvalue weighted by Gasteiger charge is -2.20. The number of carbonyl (C=O) groups is 5. The molecule has 0 aliphatic heterocycles. The number of carboxylic acids is 1. The van der Waals surface area contributed by atoms with Crippen LogP contribution in [0, 0.1) is 5.92 Å². The zero-order valence-corrected chi connectivity index (χ0v) is 14.6. The fourth-order valence-electron chi connectivity index (χ4n) is 1.53. The van der Waals surface area contributed by atoms with Gasteiger partial charge in [-0.2, -0.15) is 0 Å². The van der Waals surface area contributed by atoms with Crippen molar-refractivity contribution in [3.05, 3.63) is 0 Å². The highest BCUT2D eigenvalue weighted by molar-refractivity contribution is 5.92. The van der Waals surface area contributed by atoms with E-state index in [9.17, 15) is 29.1 Å². The molecule has 0 aliphatic carbocycles. The summed E-state index contributed by atoms with van der Waals surface area (Å²) in [5, 5.41) is 26.2. The van der Waals surface area contributed by atoms with E-state index in [4.69, 9.17) is 10.8 Å². The van der Waals surface area contributed by atoms with E-state index in [1.807, 2.05) is 5.32 Å². The molecule has 26 heavy (non-hydrogen) atoms. The van der Waals surface area contributed by atoms with Crippen molar-refractivity contribution < 1.29 is 34.2 Å². The minimum Gasteiger partial charge on any atom is -0.480 e. The van der Waals surface area contributed by atoms with Crippen molar-refractivity contribution in [2.24, 2.45) is 11.7 Å². The lowest BCUT2D eigenvalue weighted by atomic mass is 10.0. The first-order valence-corrected chi connectivity index (χ1v) is 7.78. The maximum absolute atomic E-state index is 11.9. The molecule has 0 radical (unpaired) electrons. The number of hydrogen-bond donors (Lipinski definition) is 7.